The quantitative estimate of drug-likeness (QED) is 0.479. The standard InChI is InChI=1S/C21H27NO/c1-3-22(4-2)17-8-18-23-21-15-13-20(14-16-21)12-11-19-9-6-5-7-10-19/h5-7,9-16H,3-4,8,17-18H2,1-2H3/b12-11+. The van der Waals surface area contributed by atoms with E-state index in [2.05, 4.69) is 67.3 Å². The first-order chi connectivity index (χ1) is 11.3. The smallest absolute Gasteiger partial charge is 0.119 e. The summed E-state index contributed by atoms with van der Waals surface area (Å²) < 4.78 is 5.81. The summed E-state index contributed by atoms with van der Waals surface area (Å²) in [5.74, 6) is 0.946. The van der Waals surface area contributed by atoms with Gasteiger partial charge in [0.05, 0.1) is 6.61 Å². The molecule has 0 saturated heterocycles. The highest BCUT2D eigenvalue weighted by Crippen LogP contribution is 2.15. The van der Waals surface area contributed by atoms with Crippen LogP contribution in [0.2, 0.25) is 0 Å². The number of nitrogens with zero attached hydrogens (tertiary/aromatic N) is 1. The third-order valence-electron chi connectivity index (χ3n) is 3.93. The fraction of sp³-hybridized carbons (Fsp3) is 0.333. The molecule has 0 heterocycles. The van der Waals surface area contributed by atoms with Crippen molar-refractivity contribution in [3.8, 4) is 5.75 Å². The van der Waals surface area contributed by atoms with E-state index in [9.17, 15) is 0 Å². The second-order valence-electron chi connectivity index (χ2n) is 5.54. The Bertz CT molecular complexity index is 571. The molecule has 0 aliphatic carbocycles. The van der Waals surface area contributed by atoms with Gasteiger partial charge in [-0.3, -0.25) is 0 Å². The van der Waals surface area contributed by atoms with Crippen LogP contribution in [0.4, 0.5) is 0 Å². The predicted octanol–water partition coefficient (Wildman–Crippen LogP) is 4.97. The first-order valence-corrected chi connectivity index (χ1v) is 8.50. The summed E-state index contributed by atoms with van der Waals surface area (Å²) in [6, 6.07) is 18.6. The molecule has 0 aliphatic rings. The van der Waals surface area contributed by atoms with Crippen molar-refractivity contribution in [2.75, 3.05) is 26.2 Å². The topological polar surface area (TPSA) is 12.5 Å². The van der Waals surface area contributed by atoms with Crippen molar-refractivity contribution >= 4 is 12.2 Å². The number of ether oxygens (including phenoxy) is 1. The van der Waals surface area contributed by atoms with Crippen LogP contribution in [0.15, 0.2) is 54.6 Å². The molecule has 23 heavy (non-hydrogen) atoms. The van der Waals surface area contributed by atoms with Crippen molar-refractivity contribution in [1.29, 1.82) is 0 Å². The van der Waals surface area contributed by atoms with Crippen molar-refractivity contribution < 1.29 is 4.74 Å². The van der Waals surface area contributed by atoms with Gasteiger partial charge in [0, 0.05) is 6.54 Å². The molecule has 2 heteroatoms. The molecule has 0 unspecified atom stereocenters. The zero-order chi connectivity index (χ0) is 16.3. The first-order valence-electron chi connectivity index (χ1n) is 8.50. The van der Waals surface area contributed by atoms with Crippen LogP contribution in [0.3, 0.4) is 0 Å². The maximum Gasteiger partial charge on any atom is 0.119 e. The van der Waals surface area contributed by atoms with E-state index < -0.39 is 0 Å². The van der Waals surface area contributed by atoms with Crippen LogP contribution in [0, 0.1) is 0 Å². The van der Waals surface area contributed by atoms with Crippen molar-refractivity contribution in [1.82, 2.24) is 4.90 Å². The van der Waals surface area contributed by atoms with Gasteiger partial charge in [-0.2, -0.15) is 0 Å². The fourth-order valence-corrected chi connectivity index (χ4v) is 2.45. The molecule has 0 fully saturated rings. The van der Waals surface area contributed by atoms with Gasteiger partial charge in [0.2, 0.25) is 0 Å². The lowest BCUT2D eigenvalue weighted by molar-refractivity contribution is 0.249. The molecule has 0 atom stereocenters. The molecule has 2 aromatic rings. The largest absolute Gasteiger partial charge is 0.494 e. The average molecular weight is 309 g/mol. The molecule has 0 amide bonds. The third-order valence-corrected chi connectivity index (χ3v) is 3.93. The van der Waals surface area contributed by atoms with E-state index in [4.69, 9.17) is 4.74 Å². The molecular formula is C21H27NO. The van der Waals surface area contributed by atoms with Crippen LogP contribution in [-0.4, -0.2) is 31.1 Å². The Morgan fingerprint density at radius 1 is 0.826 bits per heavy atom. The van der Waals surface area contributed by atoms with Crippen LogP contribution in [0.1, 0.15) is 31.4 Å². The molecule has 2 aromatic carbocycles. The second-order valence-corrected chi connectivity index (χ2v) is 5.54. The molecule has 0 N–H and O–H groups in total. The molecule has 0 spiro atoms. The van der Waals surface area contributed by atoms with E-state index in [-0.39, 0.29) is 0 Å². The van der Waals surface area contributed by atoms with Gasteiger partial charge in [0.1, 0.15) is 5.75 Å². The molecule has 0 aliphatic heterocycles. The van der Waals surface area contributed by atoms with Gasteiger partial charge in [-0.1, -0.05) is 68.5 Å². The Morgan fingerprint density at radius 2 is 1.43 bits per heavy atom. The van der Waals surface area contributed by atoms with Gasteiger partial charge in [0.15, 0.2) is 0 Å². The van der Waals surface area contributed by atoms with Crippen LogP contribution in [0.5, 0.6) is 5.75 Å². The Morgan fingerprint density at radius 3 is 2.04 bits per heavy atom. The SMILES string of the molecule is CCN(CC)CCCOc1ccc(/C=C/c2ccccc2)cc1. The molecule has 0 aromatic heterocycles. The Labute approximate surface area is 140 Å². The summed E-state index contributed by atoms with van der Waals surface area (Å²) >= 11 is 0. The van der Waals surface area contributed by atoms with Gasteiger partial charge in [0.25, 0.3) is 0 Å². The van der Waals surface area contributed by atoms with Gasteiger partial charge in [-0.15, -0.1) is 0 Å². The Hall–Kier alpha value is -2.06. The molecule has 2 rings (SSSR count). The maximum absolute atomic E-state index is 5.81. The average Bonchev–Trinajstić information content (AvgIpc) is 2.62. The number of hydrogen-bond acceptors (Lipinski definition) is 2. The van der Waals surface area contributed by atoms with Crippen molar-refractivity contribution in [3.05, 3.63) is 65.7 Å². The highest BCUT2D eigenvalue weighted by atomic mass is 16.5. The molecule has 0 saturated carbocycles. The maximum atomic E-state index is 5.81. The number of rotatable bonds is 9. The normalized spacial score (nSPS) is 11.3. The van der Waals surface area contributed by atoms with E-state index in [0.29, 0.717) is 0 Å². The lowest BCUT2D eigenvalue weighted by Crippen LogP contribution is -2.25. The van der Waals surface area contributed by atoms with Gasteiger partial charge >= 0.3 is 0 Å². The van der Waals surface area contributed by atoms with Crippen LogP contribution < -0.4 is 4.74 Å². The monoisotopic (exact) mass is 309 g/mol. The van der Waals surface area contributed by atoms with E-state index in [1.54, 1.807) is 0 Å². The van der Waals surface area contributed by atoms with Gasteiger partial charge < -0.3 is 9.64 Å². The minimum atomic E-state index is 0.774. The zero-order valence-corrected chi connectivity index (χ0v) is 14.2. The zero-order valence-electron chi connectivity index (χ0n) is 14.2. The summed E-state index contributed by atoms with van der Waals surface area (Å²) in [5, 5.41) is 0. The predicted molar refractivity (Wildman–Crippen MR) is 99.7 cm³/mol. The molecule has 0 radical (unpaired) electrons. The van der Waals surface area contributed by atoms with Crippen LogP contribution in [-0.2, 0) is 0 Å². The van der Waals surface area contributed by atoms with Crippen molar-refractivity contribution in [2.24, 2.45) is 0 Å². The Kier molecular flexibility index (Phi) is 7.41. The molecule has 122 valence electrons. The highest BCUT2D eigenvalue weighted by molar-refractivity contribution is 5.69. The fourth-order valence-electron chi connectivity index (χ4n) is 2.45. The van der Waals surface area contributed by atoms with Crippen LogP contribution >= 0.6 is 0 Å². The summed E-state index contributed by atoms with van der Waals surface area (Å²) in [5.41, 5.74) is 2.40. The number of hydrogen-bond donors (Lipinski definition) is 0. The van der Waals surface area contributed by atoms with E-state index in [0.717, 1.165) is 38.4 Å². The molecule has 2 nitrogen and oxygen atoms in total. The van der Waals surface area contributed by atoms with Crippen molar-refractivity contribution in [3.63, 3.8) is 0 Å². The lowest BCUT2D eigenvalue weighted by Gasteiger charge is -2.17. The second kappa shape index (κ2) is 9.86. The van der Waals surface area contributed by atoms with E-state index in [1.807, 2.05) is 18.2 Å². The summed E-state index contributed by atoms with van der Waals surface area (Å²) in [6.45, 7) is 8.50. The van der Waals surface area contributed by atoms with Crippen molar-refractivity contribution in [2.45, 2.75) is 20.3 Å². The first kappa shape index (κ1) is 17.3. The summed E-state index contributed by atoms with van der Waals surface area (Å²) in [6.07, 6.45) is 5.32. The third kappa shape index (κ3) is 6.29. The van der Waals surface area contributed by atoms with E-state index in [1.165, 1.54) is 11.1 Å². The van der Waals surface area contributed by atoms with E-state index >= 15 is 0 Å². The molecule has 0 bridgehead atoms. The summed E-state index contributed by atoms with van der Waals surface area (Å²) in [4.78, 5) is 2.42. The number of benzene rings is 2. The minimum absolute atomic E-state index is 0.774. The lowest BCUT2D eigenvalue weighted by atomic mass is 10.1. The highest BCUT2D eigenvalue weighted by Gasteiger charge is 1.99. The Balaban J connectivity index is 1.77. The van der Waals surface area contributed by atoms with Gasteiger partial charge in [-0.05, 0) is 42.8 Å². The molecular weight excluding hydrogens is 282 g/mol. The summed E-state index contributed by atoms with van der Waals surface area (Å²) in [7, 11) is 0. The minimum Gasteiger partial charge on any atom is -0.494 e. The van der Waals surface area contributed by atoms with Gasteiger partial charge in [-0.25, -0.2) is 0 Å². The van der Waals surface area contributed by atoms with Crippen LogP contribution in [0.25, 0.3) is 12.2 Å².